The highest BCUT2D eigenvalue weighted by Gasteiger charge is 2.44. The number of benzene rings is 3. The quantitative estimate of drug-likeness (QED) is 0.0547. The van der Waals surface area contributed by atoms with Crippen LogP contribution in [0.2, 0.25) is 0 Å². The summed E-state index contributed by atoms with van der Waals surface area (Å²) in [5, 5.41) is 23.1. The Morgan fingerprint density at radius 2 is 1.55 bits per heavy atom. The minimum Gasteiger partial charge on any atom is -1.00 e. The molecule has 2 heterocycles. The molecule has 3 aliphatic rings. The monoisotopic (exact) mass is 959 g/mol. The van der Waals surface area contributed by atoms with Crippen molar-refractivity contribution in [2.75, 3.05) is 59.6 Å². The number of nitrogens with one attached hydrogen (secondary N) is 1. The molecule has 62 heavy (non-hydrogen) atoms. The van der Waals surface area contributed by atoms with Crippen LogP contribution in [0.1, 0.15) is 83.8 Å². The van der Waals surface area contributed by atoms with Crippen molar-refractivity contribution in [1.82, 2.24) is 0 Å². The first kappa shape index (κ1) is 49.2. The van der Waals surface area contributed by atoms with E-state index in [9.17, 15) is 19.8 Å². The fourth-order valence-electron chi connectivity index (χ4n) is 8.66. The van der Waals surface area contributed by atoms with Crippen LogP contribution in [0.15, 0.2) is 119 Å². The SMILES string of the molecule is CSCCCNc1ccc(OC2=C(/C=C/C3=[N+](CCC(=O)O)c4ccccc4C3(C)C)CCC/C2=C\C=C2\N(CCC(=O)O)c3ccccc3C2(C)C)cc1SCCCSC.[Br-]. The van der Waals surface area contributed by atoms with Crippen molar-refractivity contribution in [3.05, 3.63) is 125 Å². The maximum Gasteiger partial charge on any atom is 0.309 e. The Bertz CT molecular complexity index is 2250. The fourth-order valence-corrected chi connectivity index (χ4v) is 10.7. The zero-order valence-corrected chi connectivity index (χ0v) is 41.0. The summed E-state index contributed by atoms with van der Waals surface area (Å²) in [4.78, 5) is 27.0. The van der Waals surface area contributed by atoms with Crippen molar-refractivity contribution in [3.8, 4) is 5.75 Å². The molecular weight excluding hydrogens is 899 g/mol. The standard InChI is InChI=1S/C50H61N3O5S3.BrH/c1-49(2)38-16-7-9-18-41(38)52(29-26-46(54)55)44(49)24-20-35-14-11-15-36(21-25-45-50(3,4)39-17-8-10-19-42(39)53(45)30-27-47(56)57)48(35)58-37-22-23-40(51-28-12-31-59-5)43(34-37)61-33-13-32-60-6;/h7-10,16-25,34,51H,11-15,26-33H2,1-6H3,(H-,54,55,56,57);1H. The Morgan fingerprint density at radius 1 is 0.839 bits per heavy atom. The topological polar surface area (TPSA) is 102 Å². The van der Waals surface area contributed by atoms with E-state index in [0.717, 1.165) is 107 Å². The van der Waals surface area contributed by atoms with E-state index >= 15 is 0 Å². The molecule has 0 spiro atoms. The van der Waals surface area contributed by atoms with Crippen molar-refractivity contribution in [3.63, 3.8) is 0 Å². The molecule has 0 bridgehead atoms. The molecule has 1 aliphatic carbocycles. The van der Waals surface area contributed by atoms with Gasteiger partial charge in [0, 0.05) is 58.2 Å². The van der Waals surface area contributed by atoms with E-state index in [2.05, 4.69) is 134 Å². The van der Waals surface area contributed by atoms with Gasteiger partial charge in [0.25, 0.3) is 0 Å². The van der Waals surface area contributed by atoms with Crippen molar-refractivity contribution in [2.24, 2.45) is 0 Å². The highest BCUT2D eigenvalue weighted by atomic mass is 79.9. The molecule has 0 atom stereocenters. The first-order chi connectivity index (χ1) is 29.4. The van der Waals surface area contributed by atoms with Crippen LogP contribution in [0.4, 0.5) is 17.1 Å². The number of para-hydroxylation sites is 2. The number of carbonyl (C=O) groups is 2. The van der Waals surface area contributed by atoms with E-state index in [1.165, 1.54) is 16.0 Å². The molecule has 6 rings (SSSR count). The van der Waals surface area contributed by atoms with Crippen LogP contribution < -0.4 is 31.9 Å². The van der Waals surface area contributed by atoms with E-state index in [1.54, 1.807) is 0 Å². The molecule has 3 aromatic carbocycles. The molecule has 8 nitrogen and oxygen atoms in total. The Kier molecular flexibility index (Phi) is 18.0. The third kappa shape index (κ3) is 11.6. The zero-order valence-electron chi connectivity index (χ0n) is 37.0. The lowest BCUT2D eigenvalue weighted by Crippen LogP contribution is -3.00. The molecule has 0 radical (unpaired) electrons. The summed E-state index contributed by atoms with van der Waals surface area (Å²) in [7, 11) is 0. The summed E-state index contributed by atoms with van der Waals surface area (Å²) in [5.41, 5.74) is 9.18. The number of thioether (sulfide) groups is 3. The van der Waals surface area contributed by atoms with Gasteiger partial charge < -0.3 is 42.1 Å². The van der Waals surface area contributed by atoms with Crippen LogP contribution >= 0.6 is 35.3 Å². The maximum absolute atomic E-state index is 11.8. The zero-order chi connectivity index (χ0) is 43.6. The third-order valence-corrected chi connectivity index (χ3v) is 14.4. The summed E-state index contributed by atoms with van der Waals surface area (Å²) in [6.07, 6.45) is 17.9. The fraction of sp³-hybridized carbons (Fsp3) is 0.420. The lowest BCUT2D eigenvalue weighted by molar-refractivity contribution is -0.436. The highest BCUT2D eigenvalue weighted by Crippen LogP contribution is 2.48. The molecule has 0 amide bonds. The molecule has 0 saturated heterocycles. The number of carboxylic acid groups (broad SMARTS) is 2. The van der Waals surface area contributed by atoms with Crippen LogP contribution in [-0.2, 0) is 20.4 Å². The predicted molar refractivity (Wildman–Crippen MR) is 259 cm³/mol. The molecule has 0 saturated carbocycles. The number of ether oxygens (including phenoxy) is 1. The van der Waals surface area contributed by atoms with Gasteiger partial charge >= 0.3 is 11.9 Å². The normalized spacial score (nSPS) is 17.7. The van der Waals surface area contributed by atoms with E-state index in [0.29, 0.717) is 13.1 Å². The third-order valence-electron chi connectivity index (χ3n) is 11.8. The summed E-state index contributed by atoms with van der Waals surface area (Å²) < 4.78 is 9.28. The number of fused-ring (bicyclic) bond motifs is 2. The Labute approximate surface area is 392 Å². The van der Waals surface area contributed by atoms with Crippen LogP contribution in [0.25, 0.3) is 0 Å². The first-order valence-corrected chi connectivity index (χ1v) is 25.2. The van der Waals surface area contributed by atoms with Crippen molar-refractivity contribution >= 4 is 70.0 Å². The summed E-state index contributed by atoms with van der Waals surface area (Å²) in [5.74, 6) is 3.22. The summed E-state index contributed by atoms with van der Waals surface area (Å²) in [6.45, 7) is 10.5. The smallest absolute Gasteiger partial charge is 0.309 e. The van der Waals surface area contributed by atoms with E-state index < -0.39 is 11.9 Å². The van der Waals surface area contributed by atoms with Crippen LogP contribution in [0.3, 0.4) is 0 Å². The van der Waals surface area contributed by atoms with Gasteiger partial charge in [-0.1, -0.05) is 56.3 Å². The molecule has 0 aromatic heterocycles. The summed E-state index contributed by atoms with van der Waals surface area (Å²) >= 11 is 5.61. The summed E-state index contributed by atoms with van der Waals surface area (Å²) in [6, 6.07) is 23.0. The number of aliphatic carboxylic acids is 2. The van der Waals surface area contributed by atoms with Gasteiger partial charge in [-0.05, 0) is 129 Å². The number of hydrogen-bond acceptors (Lipinski definition) is 8. The highest BCUT2D eigenvalue weighted by molar-refractivity contribution is 8.00. The molecule has 3 N–H and O–H groups in total. The number of allylic oxidation sites excluding steroid dienone is 7. The van der Waals surface area contributed by atoms with Crippen molar-refractivity contribution < 1.29 is 46.1 Å². The lowest BCUT2D eigenvalue weighted by Gasteiger charge is -2.27. The van der Waals surface area contributed by atoms with Gasteiger partial charge in [0.1, 0.15) is 17.9 Å². The molecule has 0 unspecified atom stereocenters. The van der Waals surface area contributed by atoms with Crippen LogP contribution in [-0.4, -0.2) is 81.8 Å². The second kappa shape index (κ2) is 22.7. The molecule has 2 aliphatic heterocycles. The van der Waals surface area contributed by atoms with Gasteiger partial charge in [0.2, 0.25) is 5.69 Å². The molecule has 3 aromatic rings. The van der Waals surface area contributed by atoms with E-state index in [-0.39, 0.29) is 40.7 Å². The lowest BCUT2D eigenvalue weighted by atomic mass is 9.81. The number of nitrogens with zero attached hydrogens (tertiary/aromatic N) is 2. The van der Waals surface area contributed by atoms with Crippen molar-refractivity contribution in [1.29, 1.82) is 0 Å². The second-order valence-electron chi connectivity index (χ2n) is 16.8. The van der Waals surface area contributed by atoms with Gasteiger partial charge in [-0.25, -0.2) is 0 Å². The number of anilines is 2. The Balaban J connectivity index is 0.00000726. The first-order valence-electron chi connectivity index (χ1n) is 21.4. The number of halogens is 1. The average molecular weight is 961 g/mol. The minimum atomic E-state index is -0.821. The van der Waals surface area contributed by atoms with E-state index in [4.69, 9.17) is 4.74 Å². The molecule has 332 valence electrons. The van der Waals surface area contributed by atoms with Gasteiger partial charge in [-0.3, -0.25) is 9.59 Å². The van der Waals surface area contributed by atoms with E-state index in [1.807, 2.05) is 47.4 Å². The Hall–Kier alpha value is -3.84. The van der Waals surface area contributed by atoms with Gasteiger partial charge in [0.05, 0.1) is 11.8 Å². The molecule has 0 fully saturated rings. The number of hydrogen-bond donors (Lipinski definition) is 3. The second-order valence-corrected chi connectivity index (χ2v) is 19.9. The van der Waals surface area contributed by atoms with Gasteiger partial charge in [-0.15, -0.1) is 11.8 Å². The Morgan fingerprint density at radius 3 is 2.29 bits per heavy atom. The predicted octanol–water partition coefficient (Wildman–Crippen LogP) is 8.71. The van der Waals surface area contributed by atoms with Gasteiger partial charge in [-0.2, -0.15) is 28.1 Å². The number of rotatable bonds is 21. The maximum atomic E-state index is 11.8. The minimum absolute atomic E-state index is 0. The van der Waals surface area contributed by atoms with Gasteiger partial charge in [0.15, 0.2) is 12.3 Å². The molecule has 12 heteroatoms. The van der Waals surface area contributed by atoms with Crippen LogP contribution in [0, 0.1) is 0 Å². The average Bonchev–Trinajstić information content (AvgIpc) is 3.59. The van der Waals surface area contributed by atoms with Crippen LogP contribution in [0.5, 0.6) is 5.75 Å². The molecular formula is C50H62BrN3O5S3. The number of carboxylic acids is 2. The largest absolute Gasteiger partial charge is 1.00 e. The van der Waals surface area contributed by atoms with Crippen molar-refractivity contribution in [2.45, 2.75) is 88.4 Å².